The Morgan fingerprint density at radius 3 is 2.45 bits per heavy atom. The number of aromatic nitrogens is 2. The summed E-state index contributed by atoms with van der Waals surface area (Å²) in [6.07, 6.45) is 4.35. The average molecular weight is 151 g/mol. The highest BCUT2D eigenvalue weighted by Crippen LogP contribution is 2.13. The normalized spacial score (nSPS) is 12.9. The quantitative estimate of drug-likeness (QED) is 0.698. The second kappa shape index (κ2) is 3.32. The van der Waals surface area contributed by atoms with Crippen molar-refractivity contribution in [2.45, 2.75) is 26.2 Å². The number of hydrogen-bond acceptors (Lipinski definition) is 3. The summed E-state index contributed by atoms with van der Waals surface area (Å²) in [5.74, 6) is 1.30. The molecule has 0 aromatic carbocycles. The summed E-state index contributed by atoms with van der Waals surface area (Å²) in [4.78, 5) is 8.23. The molecule has 0 fully saturated rings. The Morgan fingerprint density at radius 1 is 1.45 bits per heavy atom. The molecular weight excluding hydrogens is 138 g/mol. The maximum Gasteiger partial charge on any atom is 0.131 e. The van der Waals surface area contributed by atoms with Gasteiger partial charge in [-0.3, -0.25) is 0 Å². The molecule has 3 nitrogen and oxygen atoms in total. The van der Waals surface area contributed by atoms with Crippen molar-refractivity contribution in [3.8, 4) is 0 Å². The minimum absolute atomic E-state index is 0.426. The van der Waals surface area contributed by atoms with Gasteiger partial charge in [0.15, 0.2) is 0 Å². The van der Waals surface area contributed by atoms with Crippen LogP contribution < -0.4 is 5.73 Å². The monoisotopic (exact) mass is 151 g/mol. The number of nitrogens with zero attached hydrogens (tertiary/aromatic N) is 2. The Labute approximate surface area is 66.7 Å². The molecule has 2 N–H and O–H groups in total. The first-order valence-corrected chi connectivity index (χ1v) is 3.81. The van der Waals surface area contributed by atoms with Crippen molar-refractivity contribution in [1.82, 2.24) is 9.97 Å². The van der Waals surface area contributed by atoms with Crippen LogP contribution in [0.4, 0.5) is 5.69 Å². The Bertz CT molecular complexity index is 217. The molecule has 1 rings (SSSR count). The summed E-state index contributed by atoms with van der Waals surface area (Å²) >= 11 is 0. The van der Waals surface area contributed by atoms with Crippen molar-refractivity contribution in [2.24, 2.45) is 0 Å². The van der Waals surface area contributed by atoms with Gasteiger partial charge in [-0.25, -0.2) is 9.97 Å². The van der Waals surface area contributed by atoms with E-state index in [4.69, 9.17) is 5.73 Å². The molecule has 11 heavy (non-hydrogen) atoms. The molecule has 0 unspecified atom stereocenters. The van der Waals surface area contributed by atoms with E-state index in [1.807, 2.05) is 0 Å². The topological polar surface area (TPSA) is 51.8 Å². The van der Waals surface area contributed by atoms with Gasteiger partial charge in [0.2, 0.25) is 0 Å². The lowest BCUT2D eigenvalue weighted by Crippen LogP contribution is -2.00. The van der Waals surface area contributed by atoms with Crippen LogP contribution in [0.1, 0.15) is 32.0 Å². The van der Waals surface area contributed by atoms with Gasteiger partial charge in [-0.2, -0.15) is 0 Å². The fourth-order valence-corrected chi connectivity index (χ4v) is 0.785. The van der Waals surface area contributed by atoms with Crippen molar-refractivity contribution in [1.29, 1.82) is 0 Å². The van der Waals surface area contributed by atoms with Crippen molar-refractivity contribution >= 4 is 5.69 Å². The molecular formula is C8H13N3. The largest absolute Gasteiger partial charge is 0.396 e. The summed E-state index contributed by atoms with van der Waals surface area (Å²) < 4.78 is 0. The van der Waals surface area contributed by atoms with E-state index in [2.05, 4.69) is 23.8 Å². The van der Waals surface area contributed by atoms with Crippen LogP contribution in [0.3, 0.4) is 0 Å². The minimum atomic E-state index is 0.426. The van der Waals surface area contributed by atoms with E-state index in [-0.39, 0.29) is 0 Å². The zero-order chi connectivity index (χ0) is 8.27. The molecule has 60 valence electrons. The highest BCUT2D eigenvalue weighted by Gasteiger charge is 2.04. The van der Waals surface area contributed by atoms with E-state index in [1.165, 1.54) is 0 Å². The van der Waals surface area contributed by atoms with E-state index < -0.39 is 0 Å². The third-order valence-corrected chi connectivity index (χ3v) is 1.74. The van der Waals surface area contributed by atoms with E-state index in [0.717, 1.165) is 12.2 Å². The molecule has 0 aliphatic carbocycles. The van der Waals surface area contributed by atoms with Gasteiger partial charge in [-0.1, -0.05) is 13.8 Å². The lowest BCUT2D eigenvalue weighted by Gasteiger charge is -2.05. The standard InChI is InChI=1S/C8H13N3/c1-3-6(2)8-10-4-7(9)5-11-8/h4-6H,3,9H2,1-2H3/t6-/m0/s1. The van der Waals surface area contributed by atoms with E-state index in [0.29, 0.717) is 11.6 Å². The summed E-state index contributed by atoms with van der Waals surface area (Å²) in [5.41, 5.74) is 6.07. The molecule has 0 amide bonds. The van der Waals surface area contributed by atoms with Crippen LogP contribution in [0.15, 0.2) is 12.4 Å². The van der Waals surface area contributed by atoms with Gasteiger partial charge in [-0.15, -0.1) is 0 Å². The van der Waals surface area contributed by atoms with Gasteiger partial charge in [0.05, 0.1) is 18.1 Å². The molecule has 0 saturated heterocycles. The molecule has 1 aromatic rings. The summed E-state index contributed by atoms with van der Waals surface area (Å²) in [5, 5.41) is 0. The van der Waals surface area contributed by atoms with Gasteiger partial charge in [0.25, 0.3) is 0 Å². The third-order valence-electron chi connectivity index (χ3n) is 1.74. The predicted octanol–water partition coefficient (Wildman–Crippen LogP) is 1.57. The molecule has 0 bridgehead atoms. The van der Waals surface area contributed by atoms with Crippen molar-refractivity contribution < 1.29 is 0 Å². The second-order valence-electron chi connectivity index (χ2n) is 2.68. The number of anilines is 1. The molecule has 1 aromatic heterocycles. The third kappa shape index (κ3) is 1.90. The summed E-state index contributed by atoms with van der Waals surface area (Å²) in [7, 11) is 0. The number of rotatable bonds is 2. The van der Waals surface area contributed by atoms with Gasteiger partial charge in [-0.05, 0) is 6.42 Å². The first-order chi connectivity index (χ1) is 5.24. The Kier molecular flexibility index (Phi) is 2.41. The molecule has 0 aliphatic heterocycles. The van der Waals surface area contributed by atoms with Gasteiger partial charge >= 0.3 is 0 Å². The molecule has 0 saturated carbocycles. The van der Waals surface area contributed by atoms with E-state index in [1.54, 1.807) is 12.4 Å². The van der Waals surface area contributed by atoms with Crippen LogP contribution in [-0.4, -0.2) is 9.97 Å². The van der Waals surface area contributed by atoms with E-state index >= 15 is 0 Å². The van der Waals surface area contributed by atoms with Crippen molar-refractivity contribution in [3.05, 3.63) is 18.2 Å². The Hall–Kier alpha value is -1.12. The Balaban J connectivity index is 2.81. The van der Waals surface area contributed by atoms with Crippen LogP contribution in [0.5, 0.6) is 0 Å². The molecule has 0 aliphatic rings. The van der Waals surface area contributed by atoms with Crippen LogP contribution in [0.25, 0.3) is 0 Å². The maximum atomic E-state index is 5.44. The van der Waals surface area contributed by atoms with Crippen LogP contribution in [0, 0.1) is 0 Å². The SMILES string of the molecule is CC[C@H](C)c1ncc(N)cn1. The molecule has 3 heteroatoms. The Morgan fingerprint density at radius 2 is 2.00 bits per heavy atom. The maximum absolute atomic E-state index is 5.44. The molecule has 0 spiro atoms. The van der Waals surface area contributed by atoms with Crippen LogP contribution in [-0.2, 0) is 0 Å². The van der Waals surface area contributed by atoms with Crippen molar-refractivity contribution in [2.75, 3.05) is 5.73 Å². The zero-order valence-electron chi connectivity index (χ0n) is 6.91. The van der Waals surface area contributed by atoms with Gasteiger partial charge in [0, 0.05) is 5.92 Å². The number of nitrogens with two attached hydrogens (primary N) is 1. The number of hydrogen-bond donors (Lipinski definition) is 1. The summed E-state index contributed by atoms with van der Waals surface area (Å²) in [6, 6.07) is 0. The smallest absolute Gasteiger partial charge is 0.131 e. The minimum Gasteiger partial charge on any atom is -0.396 e. The molecule has 1 heterocycles. The highest BCUT2D eigenvalue weighted by atomic mass is 14.9. The second-order valence-corrected chi connectivity index (χ2v) is 2.68. The first kappa shape index (κ1) is 7.98. The first-order valence-electron chi connectivity index (χ1n) is 3.81. The average Bonchev–Trinajstić information content (AvgIpc) is 2.05. The van der Waals surface area contributed by atoms with Crippen molar-refractivity contribution in [3.63, 3.8) is 0 Å². The number of nitrogen functional groups attached to an aromatic ring is 1. The predicted molar refractivity (Wildman–Crippen MR) is 45.2 cm³/mol. The van der Waals surface area contributed by atoms with Gasteiger partial charge in [0.1, 0.15) is 5.82 Å². The van der Waals surface area contributed by atoms with Crippen LogP contribution in [0.2, 0.25) is 0 Å². The van der Waals surface area contributed by atoms with Crippen LogP contribution >= 0.6 is 0 Å². The fourth-order valence-electron chi connectivity index (χ4n) is 0.785. The fraction of sp³-hybridized carbons (Fsp3) is 0.500. The summed E-state index contributed by atoms with van der Waals surface area (Å²) in [6.45, 7) is 4.22. The molecule has 0 radical (unpaired) electrons. The lowest BCUT2D eigenvalue weighted by atomic mass is 10.1. The molecule has 1 atom stereocenters. The van der Waals surface area contributed by atoms with E-state index in [9.17, 15) is 0 Å². The zero-order valence-corrected chi connectivity index (χ0v) is 6.91. The highest BCUT2D eigenvalue weighted by molar-refractivity contribution is 5.30. The lowest BCUT2D eigenvalue weighted by molar-refractivity contribution is 0.679. The van der Waals surface area contributed by atoms with Gasteiger partial charge < -0.3 is 5.73 Å².